The number of aliphatic hydroxyl groups is 1. The Labute approximate surface area is 105 Å². The molecule has 5 nitrogen and oxygen atoms in total. The minimum Gasteiger partial charge on any atom is -0.512 e. The largest absolute Gasteiger partial charge is 0.512 e. The van der Waals surface area contributed by atoms with Crippen LogP contribution in [0.5, 0.6) is 5.75 Å². The highest BCUT2D eigenvalue weighted by molar-refractivity contribution is 6.10. The van der Waals surface area contributed by atoms with E-state index in [4.69, 9.17) is 4.74 Å². The van der Waals surface area contributed by atoms with Crippen LogP contribution in [-0.4, -0.2) is 31.5 Å². The smallest absolute Gasteiger partial charge is 0.342 e. The number of hydrogen-bond acceptors (Lipinski definition) is 5. The van der Waals surface area contributed by atoms with Crippen LogP contribution in [0.1, 0.15) is 6.92 Å². The van der Waals surface area contributed by atoms with E-state index in [-0.39, 0.29) is 11.3 Å². The lowest BCUT2D eigenvalue weighted by Crippen LogP contribution is -2.08. The molecule has 1 aromatic rings. The number of aliphatic hydroxyl groups excluding tert-OH is 1. The van der Waals surface area contributed by atoms with Gasteiger partial charge in [0.05, 0.1) is 19.9 Å². The predicted octanol–water partition coefficient (Wildman–Crippen LogP) is 2.40. The van der Waals surface area contributed by atoms with Gasteiger partial charge in [-0.05, 0) is 31.2 Å². The number of esters is 1. The van der Waals surface area contributed by atoms with Crippen molar-refractivity contribution in [3.8, 4) is 5.75 Å². The molecule has 0 spiro atoms. The van der Waals surface area contributed by atoms with Crippen molar-refractivity contribution in [2.45, 2.75) is 6.92 Å². The van der Waals surface area contributed by atoms with Crippen LogP contribution in [0.25, 0.3) is 0 Å². The van der Waals surface area contributed by atoms with Crippen LogP contribution >= 0.6 is 0 Å². The van der Waals surface area contributed by atoms with E-state index < -0.39 is 5.97 Å². The molecule has 1 aromatic carbocycles. The number of nitrogens with zero attached hydrogens (tertiary/aromatic N) is 1. The second kappa shape index (κ2) is 6.44. The van der Waals surface area contributed by atoms with Crippen molar-refractivity contribution in [3.05, 3.63) is 35.6 Å². The van der Waals surface area contributed by atoms with Gasteiger partial charge >= 0.3 is 5.97 Å². The molecule has 1 rings (SSSR count). The molecule has 0 saturated heterocycles. The Morgan fingerprint density at radius 2 is 1.89 bits per heavy atom. The lowest BCUT2D eigenvalue weighted by molar-refractivity contribution is -0.135. The molecular weight excluding hydrogens is 234 g/mol. The van der Waals surface area contributed by atoms with Gasteiger partial charge in [0.2, 0.25) is 0 Å². The molecule has 0 radical (unpaired) electrons. The first-order valence-corrected chi connectivity index (χ1v) is 5.24. The van der Waals surface area contributed by atoms with Crippen molar-refractivity contribution in [1.29, 1.82) is 0 Å². The molecule has 0 saturated carbocycles. The van der Waals surface area contributed by atoms with Gasteiger partial charge in [-0.25, -0.2) is 4.79 Å². The molecule has 96 valence electrons. The number of hydrogen-bond donors (Lipinski definition) is 1. The Morgan fingerprint density at radius 3 is 2.33 bits per heavy atom. The summed E-state index contributed by atoms with van der Waals surface area (Å²) < 4.78 is 9.54. The van der Waals surface area contributed by atoms with Gasteiger partial charge in [-0.15, -0.1) is 0 Å². The number of aliphatic imine (C=N–C) groups is 1. The van der Waals surface area contributed by atoms with Gasteiger partial charge in [-0.1, -0.05) is 0 Å². The van der Waals surface area contributed by atoms with E-state index in [1.165, 1.54) is 20.2 Å². The molecule has 0 heterocycles. The van der Waals surface area contributed by atoms with Crippen molar-refractivity contribution in [3.63, 3.8) is 0 Å². The Hall–Kier alpha value is -2.30. The SMILES string of the molecule is COC(=O)C(C=Nc1ccc(OC)cc1)=C(C)O. The molecule has 0 aliphatic carbocycles. The molecule has 18 heavy (non-hydrogen) atoms. The average Bonchev–Trinajstić information content (AvgIpc) is 2.39. The number of allylic oxidation sites excluding steroid dienone is 1. The average molecular weight is 249 g/mol. The summed E-state index contributed by atoms with van der Waals surface area (Å²) in [6.07, 6.45) is 1.27. The summed E-state index contributed by atoms with van der Waals surface area (Å²) in [5.74, 6) is -0.0533. The second-order valence-electron chi connectivity index (χ2n) is 3.45. The Kier molecular flexibility index (Phi) is 4.92. The molecule has 0 aliphatic rings. The molecule has 0 amide bonds. The first-order valence-electron chi connectivity index (χ1n) is 5.24. The zero-order valence-corrected chi connectivity index (χ0v) is 10.5. The van der Waals surface area contributed by atoms with Crippen molar-refractivity contribution in [1.82, 2.24) is 0 Å². The normalized spacial score (nSPS) is 12.2. The zero-order valence-electron chi connectivity index (χ0n) is 10.5. The minimum absolute atomic E-state index is 0.0216. The van der Waals surface area contributed by atoms with E-state index in [1.54, 1.807) is 31.4 Å². The topological polar surface area (TPSA) is 68.1 Å². The first-order chi connectivity index (χ1) is 8.58. The van der Waals surface area contributed by atoms with Crippen molar-refractivity contribution >= 4 is 17.9 Å². The molecule has 1 N–H and O–H groups in total. The summed E-state index contributed by atoms with van der Waals surface area (Å²) in [6.45, 7) is 1.40. The van der Waals surface area contributed by atoms with Crippen molar-refractivity contribution < 1.29 is 19.4 Å². The zero-order chi connectivity index (χ0) is 13.5. The van der Waals surface area contributed by atoms with Crippen LogP contribution in [0, 0.1) is 0 Å². The predicted molar refractivity (Wildman–Crippen MR) is 68.5 cm³/mol. The number of carbonyl (C=O) groups excluding carboxylic acids is 1. The Balaban J connectivity index is 2.90. The van der Waals surface area contributed by atoms with Gasteiger partial charge < -0.3 is 14.6 Å². The lowest BCUT2D eigenvalue weighted by Gasteiger charge is -2.01. The molecule has 0 aliphatic heterocycles. The lowest BCUT2D eigenvalue weighted by atomic mass is 10.2. The fourth-order valence-corrected chi connectivity index (χ4v) is 1.21. The van der Waals surface area contributed by atoms with Crippen molar-refractivity contribution in [2.75, 3.05) is 14.2 Å². The van der Waals surface area contributed by atoms with Crippen LogP contribution in [0.15, 0.2) is 40.6 Å². The highest BCUT2D eigenvalue weighted by Gasteiger charge is 2.10. The number of methoxy groups -OCH3 is 2. The van der Waals surface area contributed by atoms with Gasteiger partial charge in [-0.2, -0.15) is 0 Å². The summed E-state index contributed by atoms with van der Waals surface area (Å²) in [6, 6.07) is 6.97. The van der Waals surface area contributed by atoms with Crippen LogP contribution in [-0.2, 0) is 9.53 Å². The van der Waals surface area contributed by atoms with Gasteiger partial charge in [0.25, 0.3) is 0 Å². The maximum atomic E-state index is 11.3. The quantitative estimate of drug-likeness (QED) is 0.385. The summed E-state index contributed by atoms with van der Waals surface area (Å²) >= 11 is 0. The summed E-state index contributed by atoms with van der Waals surface area (Å²) in [5, 5.41) is 9.34. The maximum absolute atomic E-state index is 11.3. The molecule has 0 aromatic heterocycles. The summed E-state index contributed by atoms with van der Waals surface area (Å²) in [7, 11) is 2.82. The highest BCUT2D eigenvalue weighted by Crippen LogP contribution is 2.17. The molecular formula is C13H15NO4. The molecule has 0 fully saturated rings. The van der Waals surface area contributed by atoms with E-state index in [0.717, 1.165) is 5.75 Å². The van der Waals surface area contributed by atoms with E-state index in [0.29, 0.717) is 5.69 Å². The van der Waals surface area contributed by atoms with Crippen LogP contribution < -0.4 is 4.74 Å². The second-order valence-corrected chi connectivity index (χ2v) is 3.45. The van der Waals surface area contributed by atoms with Gasteiger partial charge in [0.1, 0.15) is 17.1 Å². The van der Waals surface area contributed by atoms with Crippen LogP contribution in [0.3, 0.4) is 0 Å². The maximum Gasteiger partial charge on any atom is 0.342 e. The Bertz CT molecular complexity index is 470. The Morgan fingerprint density at radius 1 is 1.28 bits per heavy atom. The molecule has 0 atom stereocenters. The van der Waals surface area contributed by atoms with E-state index in [9.17, 15) is 9.90 Å². The van der Waals surface area contributed by atoms with E-state index >= 15 is 0 Å². The van der Waals surface area contributed by atoms with E-state index in [1.807, 2.05) is 0 Å². The third-order valence-electron chi connectivity index (χ3n) is 2.21. The number of ether oxygens (including phenoxy) is 2. The molecule has 5 heteroatoms. The van der Waals surface area contributed by atoms with Crippen LogP contribution in [0.2, 0.25) is 0 Å². The first kappa shape index (κ1) is 13.8. The molecule has 0 bridgehead atoms. The van der Waals surface area contributed by atoms with Gasteiger partial charge in [-0.3, -0.25) is 4.99 Å². The van der Waals surface area contributed by atoms with Crippen molar-refractivity contribution in [2.24, 2.45) is 4.99 Å². The van der Waals surface area contributed by atoms with Gasteiger partial charge in [0.15, 0.2) is 0 Å². The third-order valence-corrected chi connectivity index (χ3v) is 2.21. The summed E-state index contributed by atoms with van der Waals surface area (Å²) in [5.41, 5.74) is 0.659. The monoisotopic (exact) mass is 249 g/mol. The summed E-state index contributed by atoms with van der Waals surface area (Å²) in [4.78, 5) is 15.4. The molecule has 0 unspecified atom stereocenters. The minimum atomic E-state index is -0.632. The van der Waals surface area contributed by atoms with E-state index in [2.05, 4.69) is 9.73 Å². The number of carbonyl (C=O) groups is 1. The van der Waals surface area contributed by atoms with Gasteiger partial charge in [0, 0.05) is 6.21 Å². The fourth-order valence-electron chi connectivity index (χ4n) is 1.21. The third kappa shape index (κ3) is 3.62. The standard InChI is InChI=1S/C13H15NO4/c1-9(15)12(13(16)18-3)8-14-10-4-6-11(17-2)7-5-10/h4-8,15H,1-3H3. The number of rotatable bonds is 4. The highest BCUT2D eigenvalue weighted by atomic mass is 16.5. The van der Waals surface area contributed by atoms with Crippen LogP contribution in [0.4, 0.5) is 5.69 Å². The number of benzene rings is 1. The fraction of sp³-hybridized carbons (Fsp3) is 0.231.